The molecule has 2 N–H and O–H groups in total. The summed E-state index contributed by atoms with van der Waals surface area (Å²) in [5.41, 5.74) is 1.69. The van der Waals surface area contributed by atoms with Gasteiger partial charge in [-0.25, -0.2) is 0 Å². The molecule has 0 radical (unpaired) electrons. The van der Waals surface area contributed by atoms with Crippen LogP contribution in [0.15, 0.2) is 24.3 Å². The number of nitrogens with one attached hydrogen (secondary N) is 1. The van der Waals surface area contributed by atoms with Gasteiger partial charge in [0, 0.05) is 12.1 Å². The second kappa shape index (κ2) is 5.50. The number of carboxylic acid groups (broad SMARTS) is 1. The van der Waals surface area contributed by atoms with Gasteiger partial charge >= 0.3 is 5.97 Å². The van der Waals surface area contributed by atoms with Gasteiger partial charge in [0.2, 0.25) is 0 Å². The van der Waals surface area contributed by atoms with Gasteiger partial charge in [0.25, 0.3) is 0 Å². The van der Waals surface area contributed by atoms with Crippen LogP contribution < -0.4 is 5.32 Å². The molecule has 2 fully saturated rings. The van der Waals surface area contributed by atoms with E-state index >= 15 is 0 Å². The molecule has 5 unspecified atom stereocenters. The molecule has 0 saturated heterocycles. The summed E-state index contributed by atoms with van der Waals surface area (Å²) in [6.45, 7) is 2.04. The zero-order valence-electron chi connectivity index (χ0n) is 12.1. The zero-order chi connectivity index (χ0) is 15.0. The van der Waals surface area contributed by atoms with Gasteiger partial charge in [0.15, 0.2) is 0 Å². The van der Waals surface area contributed by atoms with Crippen molar-refractivity contribution in [2.24, 2.45) is 17.8 Å². The van der Waals surface area contributed by atoms with Crippen molar-refractivity contribution in [1.29, 1.82) is 5.26 Å². The molecule has 0 aromatic heterocycles. The molecule has 1 aromatic carbocycles. The summed E-state index contributed by atoms with van der Waals surface area (Å²) < 4.78 is 0. The normalized spacial score (nSPS) is 31.8. The Morgan fingerprint density at radius 3 is 2.90 bits per heavy atom. The van der Waals surface area contributed by atoms with Crippen LogP contribution in [0.2, 0.25) is 0 Å². The first kappa shape index (κ1) is 14.1. The average Bonchev–Trinajstić information content (AvgIpc) is 3.08. The van der Waals surface area contributed by atoms with Crippen molar-refractivity contribution in [2.45, 2.75) is 38.3 Å². The quantitative estimate of drug-likeness (QED) is 0.891. The van der Waals surface area contributed by atoms with Gasteiger partial charge in [0.05, 0.1) is 17.6 Å². The third kappa shape index (κ3) is 2.54. The lowest BCUT2D eigenvalue weighted by Gasteiger charge is -2.31. The lowest BCUT2D eigenvalue weighted by atomic mass is 9.84. The SMILES string of the molecule is CC(NC1C2CCC(C2)C1C(=O)O)c1cccc(C#N)c1. The number of nitriles is 1. The minimum absolute atomic E-state index is 0.0574. The molecule has 2 saturated carbocycles. The van der Waals surface area contributed by atoms with E-state index in [4.69, 9.17) is 5.26 Å². The van der Waals surface area contributed by atoms with E-state index < -0.39 is 5.97 Å². The van der Waals surface area contributed by atoms with Gasteiger partial charge in [-0.3, -0.25) is 4.79 Å². The molecule has 21 heavy (non-hydrogen) atoms. The standard InChI is InChI=1S/C17H20N2O2/c1-10(12-4-2-3-11(7-12)9-18)19-16-14-6-5-13(8-14)15(16)17(20)21/h2-4,7,10,13-16,19H,5-6,8H2,1H3,(H,20,21). The van der Waals surface area contributed by atoms with Crippen LogP contribution in [-0.2, 0) is 4.79 Å². The Bertz CT molecular complexity index is 593. The molecule has 4 heteroatoms. The zero-order valence-corrected chi connectivity index (χ0v) is 12.1. The number of hydrogen-bond acceptors (Lipinski definition) is 3. The molecule has 4 nitrogen and oxygen atoms in total. The second-order valence-electron chi connectivity index (χ2n) is 6.35. The van der Waals surface area contributed by atoms with Crippen LogP contribution in [0.1, 0.15) is 43.4 Å². The number of rotatable bonds is 4. The van der Waals surface area contributed by atoms with E-state index in [1.165, 1.54) is 0 Å². The Morgan fingerprint density at radius 1 is 1.43 bits per heavy atom. The average molecular weight is 284 g/mol. The molecule has 0 heterocycles. The van der Waals surface area contributed by atoms with E-state index in [0.717, 1.165) is 24.8 Å². The van der Waals surface area contributed by atoms with Crippen molar-refractivity contribution in [3.8, 4) is 6.07 Å². The van der Waals surface area contributed by atoms with E-state index in [1.807, 2.05) is 25.1 Å². The highest BCUT2D eigenvalue weighted by atomic mass is 16.4. The lowest BCUT2D eigenvalue weighted by molar-refractivity contribution is -0.144. The number of fused-ring (bicyclic) bond motifs is 2. The molecule has 3 rings (SSSR count). The van der Waals surface area contributed by atoms with Crippen LogP contribution in [0, 0.1) is 29.1 Å². The highest BCUT2D eigenvalue weighted by Crippen LogP contribution is 2.49. The smallest absolute Gasteiger partial charge is 0.308 e. The van der Waals surface area contributed by atoms with Crippen molar-refractivity contribution in [1.82, 2.24) is 5.32 Å². The number of aliphatic carboxylic acids is 1. The summed E-state index contributed by atoms with van der Waals surface area (Å²) in [5, 5.41) is 22.0. The third-order valence-electron chi connectivity index (χ3n) is 5.16. The first-order valence-electron chi connectivity index (χ1n) is 7.59. The van der Waals surface area contributed by atoms with E-state index in [-0.39, 0.29) is 18.0 Å². The Morgan fingerprint density at radius 2 is 2.19 bits per heavy atom. The first-order valence-corrected chi connectivity index (χ1v) is 7.59. The molecule has 5 atom stereocenters. The Labute approximate surface area is 124 Å². The van der Waals surface area contributed by atoms with Gasteiger partial charge in [-0.05, 0) is 55.7 Å². The van der Waals surface area contributed by atoms with E-state index in [0.29, 0.717) is 17.4 Å². The number of carbonyl (C=O) groups is 1. The summed E-state index contributed by atoms with van der Waals surface area (Å²) in [5.74, 6) is -0.108. The predicted octanol–water partition coefficient (Wildman–Crippen LogP) is 2.71. The highest BCUT2D eigenvalue weighted by Gasteiger charge is 2.51. The summed E-state index contributed by atoms with van der Waals surface area (Å²) >= 11 is 0. The third-order valence-corrected chi connectivity index (χ3v) is 5.16. The van der Waals surface area contributed by atoms with Crippen molar-refractivity contribution in [3.63, 3.8) is 0 Å². The predicted molar refractivity (Wildman–Crippen MR) is 78.5 cm³/mol. The fraction of sp³-hybridized carbons (Fsp3) is 0.529. The topological polar surface area (TPSA) is 73.1 Å². The molecule has 1 aromatic rings. The number of nitrogens with zero attached hydrogens (tertiary/aromatic N) is 1. The maximum atomic E-state index is 11.5. The molecule has 0 spiro atoms. The summed E-state index contributed by atoms with van der Waals surface area (Å²) in [4.78, 5) is 11.5. The Balaban J connectivity index is 1.76. The van der Waals surface area contributed by atoms with Gasteiger partial charge in [-0.1, -0.05) is 12.1 Å². The minimum atomic E-state index is -0.669. The number of carboxylic acids is 1. The Kier molecular flexibility index (Phi) is 3.69. The second-order valence-corrected chi connectivity index (χ2v) is 6.35. The molecular weight excluding hydrogens is 264 g/mol. The summed E-state index contributed by atoms with van der Waals surface area (Å²) in [6, 6.07) is 9.79. The largest absolute Gasteiger partial charge is 0.481 e. The van der Waals surface area contributed by atoms with Gasteiger partial charge < -0.3 is 10.4 Å². The molecule has 2 aliphatic rings. The molecular formula is C17H20N2O2. The van der Waals surface area contributed by atoms with E-state index in [1.54, 1.807) is 6.07 Å². The van der Waals surface area contributed by atoms with Crippen molar-refractivity contribution in [2.75, 3.05) is 0 Å². The summed E-state index contributed by atoms with van der Waals surface area (Å²) in [6.07, 6.45) is 3.23. The first-order chi connectivity index (χ1) is 10.1. The Hall–Kier alpha value is -1.86. The fourth-order valence-electron chi connectivity index (χ4n) is 4.15. The maximum absolute atomic E-state index is 11.5. The van der Waals surface area contributed by atoms with Crippen molar-refractivity contribution < 1.29 is 9.90 Å². The maximum Gasteiger partial charge on any atom is 0.308 e. The number of hydrogen-bond donors (Lipinski definition) is 2. The van der Waals surface area contributed by atoms with Crippen LogP contribution in [0.5, 0.6) is 0 Å². The van der Waals surface area contributed by atoms with Crippen molar-refractivity contribution in [3.05, 3.63) is 35.4 Å². The van der Waals surface area contributed by atoms with Crippen LogP contribution in [0.3, 0.4) is 0 Å². The van der Waals surface area contributed by atoms with E-state index in [2.05, 4.69) is 11.4 Å². The molecule has 2 aliphatic carbocycles. The van der Waals surface area contributed by atoms with Gasteiger partial charge in [0.1, 0.15) is 0 Å². The molecule has 110 valence electrons. The molecule has 0 amide bonds. The van der Waals surface area contributed by atoms with Crippen LogP contribution in [-0.4, -0.2) is 17.1 Å². The summed E-state index contributed by atoms with van der Waals surface area (Å²) in [7, 11) is 0. The van der Waals surface area contributed by atoms with Crippen LogP contribution in [0.25, 0.3) is 0 Å². The molecule has 0 aliphatic heterocycles. The fourth-order valence-corrected chi connectivity index (χ4v) is 4.15. The lowest BCUT2D eigenvalue weighted by Crippen LogP contribution is -2.45. The van der Waals surface area contributed by atoms with Crippen molar-refractivity contribution >= 4 is 5.97 Å². The highest BCUT2D eigenvalue weighted by molar-refractivity contribution is 5.72. The van der Waals surface area contributed by atoms with Gasteiger partial charge in [-0.15, -0.1) is 0 Å². The number of benzene rings is 1. The minimum Gasteiger partial charge on any atom is -0.481 e. The molecule has 2 bridgehead atoms. The van der Waals surface area contributed by atoms with Gasteiger partial charge in [-0.2, -0.15) is 5.26 Å². The van der Waals surface area contributed by atoms with Crippen LogP contribution >= 0.6 is 0 Å². The monoisotopic (exact) mass is 284 g/mol. The van der Waals surface area contributed by atoms with Crippen LogP contribution in [0.4, 0.5) is 0 Å². The van der Waals surface area contributed by atoms with E-state index in [9.17, 15) is 9.90 Å².